The lowest BCUT2D eigenvalue weighted by atomic mass is 10.2. The number of aryl methyl sites for hydroxylation is 1. The highest BCUT2D eigenvalue weighted by Crippen LogP contribution is 2.27. The molecule has 1 aliphatic rings. The number of aliphatic imine (C=N–C) groups is 1. The third kappa shape index (κ3) is 7.73. The topological polar surface area (TPSA) is 52.8 Å². The zero-order valence-corrected chi connectivity index (χ0v) is 17.6. The van der Waals surface area contributed by atoms with Crippen molar-refractivity contribution in [3.63, 3.8) is 0 Å². The quantitative estimate of drug-likeness (QED) is 0.348. The Kier molecular flexibility index (Phi) is 9.77. The van der Waals surface area contributed by atoms with E-state index in [2.05, 4.69) is 20.5 Å². The fraction of sp³-hybridized carbons (Fsp3) is 0.706. The molecule has 2 N–H and O–H groups in total. The Balaban J connectivity index is 0.00000338. The molecule has 2 rings (SSSR count). The van der Waals surface area contributed by atoms with Gasteiger partial charge >= 0.3 is 6.18 Å². The minimum Gasteiger partial charge on any atom is -0.465 e. The number of furan rings is 1. The van der Waals surface area contributed by atoms with Crippen LogP contribution in [-0.2, 0) is 0 Å². The van der Waals surface area contributed by atoms with Crippen molar-refractivity contribution in [2.75, 3.05) is 32.7 Å². The van der Waals surface area contributed by atoms with Crippen molar-refractivity contribution >= 4 is 29.9 Å². The largest absolute Gasteiger partial charge is 0.465 e. The lowest BCUT2D eigenvalue weighted by molar-refractivity contribution is -0.132. The van der Waals surface area contributed by atoms with E-state index in [1.165, 1.54) is 0 Å². The van der Waals surface area contributed by atoms with E-state index in [0.29, 0.717) is 19.0 Å². The molecule has 2 heterocycles. The van der Waals surface area contributed by atoms with Gasteiger partial charge in [0.25, 0.3) is 0 Å². The second kappa shape index (κ2) is 11.0. The molecule has 0 saturated carbocycles. The lowest BCUT2D eigenvalue weighted by Crippen LogP contribution is -2.39. The van der Waals surface area contributed by atoms with Crippen LogP contribution in [-0.4, -0.2) is 49.8 Å². The van der Waals surface area contributed by atoms with Crippen LogP contribution < -0.4 is 10.6 Å². The van der Waals surface area contributed by atoms with Gasteiger partial charge in [-0.2, -0.15) is 13.2 Å². The summed E-state index contributed by atoms with van der Waals surface area (Å²) in [6, 6.07) is 3.89. The molecule has 26 heavy (non-hydrogen) atoms. The summed E-state index contributed by atoms with van der Waals surface area (Å²) < 4.78 is 42.7. The summed E-state index contributed by atoms with van der Waals surface area (Å²) in [6.07, 6.45) is -2.77. The molecule has 1 unspecified atom stereocenters. The predicted molar refractivity (Wildman–Crippen MR) is 107 cm³/mol. The van der Waals surface area contributed by atoms with Crippen LogP contribution in [0.1, 0.15) is 43.7 Å². The zero-order valence-electron chi connectivity index (χ0n) is 15.2. The van der Waals surface area contributed by atoms with Crippen molar-refractivity contribution in [3.05, 3.63) is 23.7 Å². The molecular weight excluding hydrogens is 460 g/mol. The van der Waals surface area contributed by atoms with E-state index in [4.69, 9.17) is 4.42 Å². The van der Waals surface area contributed by atoms with E-state index >= 15 is 0 Å². The van der Waals surface area contributed by atoms with E-state index in [1.807, 2.05) is 26.0 Å². The Labute approximate surface area is 169 Å². The average Bonchev–Trinajstić information content (AvgIpc) is 3.18. The lowest BCUT2D eigenvalue weighted by Gasteiger charge is -2.24. The third-order valence-electron chi connectivity index (χ3n) is 4.14. The first-order valence-corrected chi connectivity index (χ1v) is 8.78. The van der Waals surface area contributed by atoms with Crippen molar-refractivity contribution in [1.29, 1.82) is 0 Å². The number of likely N-dealkylation sites (tertiary alicyclic amines) is 1. The van der Waals surface area contributed by atoms with Gasteiger partial charge in [-0.3, -0.25) is 9.89 Å². The summed E-state index contributed by atoms with van der Waals surface area (Å²) in [7, 11) is 0. The van der Waals surface area contributed by atoms with Gasteiger partial charge in [-0.05, 0) is 51.9 Å². The molecule has 0 amide bonds. The van der Waals surface area contributed by atoms with Crippen LogP contribution in [0.3, 0.4) is 0 Å². The Morgan fingerprint density at radius 2 is 1.96 bits per heavy atom. The molecule has 0 bridgehead atoms. The molecule has 150 valence electrons. The van der Waals surface area contributed by atoms with Crippen LogP contribution in [0.25, 0.3) is 0 Å². The minimum atomic E-state index is -4.17. The molecule has 1 fully saturated rings. The van der Waals surface area contributed by atoms with Gasteiger partial charge < -0.3 is 15.1 Å². The molecule has 5 nitrogen and oxygen atoms in total. The highest BCUT2D eigenvalue weighted by atomic mass is 127. The number of halogens is 4. The van der Waals surface area contributed by atoms with E-state index in [9.17, 15) is 13.2 Å². The SMILES string of the molecule is CCNC(=NCC(c1ccc(C)o1)N1CCCC1)NCCC(F)(F)F.I. The maximum atomic E-state index is 12.3. The van der Waals surface area contributed by atoms with Gasteiger partial charge in [-0.25, -0.2) is 0 Å². The van der Waals surface area contributed by atoms with Gasteiger partial charge in [-0.1, -0.05) is 0 Å². The van der Waals surface area contributed by atoms with E-state index < -0.39 is 12.6 Å². The summed E-state index contributed by atoms with van der Waals surface area (Å²) in [5.41, 5.74) is 0. The Morgan fingerprint density at radius 3 is 2.50 bits per heavy atom. The second-order valence-corrected chi connectivity index (χ2v) is 6.22. The number of guanidine groups is 1. The van der Waals surface area contributed by atoms with Crippen molar-refractivity contribution < 1.29 is 17.6 Å². The minimum absolute atomic E-state index is 0. The van der Waals surface area contributed by atoms with Crippen molar-refractivity contribution in [2.45, 2.75) is 45.3 Å². The number of nitrogens with one attached hydrogen (secondary N) is 2. The van der Waals surface area contributed by atoms with Crippen molar-refractivity contribution in [2.24, 2.45) is 4.99 Å². The van der Waals surface area contributed by atoms with Crippen LogP contribution in [0.5, 0.6) is 0 Å². The Hall–Kier alpha value is -0.970. The van der Waals surface area contributed by atoms with Crippen LogP contribution >= 0.6 is 24.0 Å². The first-order valence-electron chi connectivity index (χ1n) is 8.78. The van der Waals surface area contributed by atoms with E-state index in [0.717, 1.165) is 37.5 Å². The normalized spacial score (nSPS) is 17.0. The molecule has 1 aliphatic heterocycles. The number of hydrogen-bond donors (Lipinski definition) is 2. The number of nitrogens with zero attached hydrogens (tertiary/aromatic N) is 2. The van der Waals surface area contributed by atoms with E-state index in [-0.39, 0.29) is 36.6 Å². The standard InChI is InChI=1S/C17H27F3N4O.HI/c1-3-21-16(22-9-8-17(18,19)20)23-12-14(24-10-4-5-11-24)15-7-6-13(2)25-15;/h6-7,14H,3-5,8-12H2,1-2H3,(H2,21,22,23);1H. The molecule has 1 aromatic heterocycles. The highest BCUT2D eigenvalue weighted by molar-refractivity contribution is 14.0. The number of rotatable bonds is 7. The summed E-state index contributed by atoms with van der Waals surface area (Å²) in [5.74, 6) is 2.10. The van der Waals surface area contributed by atoms with Crippen LogP contribution in [0.15, 0.2) is 21.5 Å². The second-order valence-electron chi connectivity index (χ2n) is 6.22. The Bertz CT molecular complexity index is 556. The van der Waals surface area contributed by atoms with Crippen LogP contribution in [0.4, 0.5) is 13.2 Å². The summed E-state index contributed by atoms with van der Waals surface area (Å²) in [4.78, 5) is 6.81. The third-order valence-corrected chi connectivity index (χ3v) is 4.14. The molecular formula is C17H28F3IN4O. The van der Waals surface area contributed by atoms with Gasteiger partial charge in [0, 0.05) is 13.1 Å². The summed E-state index contributed by atoms with van der Waals surface area (Å²) in [6.45, 7) is 6.59. The number of alkyl halides is 3. The van der Waals surface area contributed by atoms with Gasteiger partial charge in [0.2, 0.25) is 0 Å². The fourth-order valence-corrected chi connectivity index (χ4v) is 2.91. The molecule has 1 aromatic rings. The molecule has 0 spiro atoms. The monoisotopic (exact) mass is 488 g/mol. The van der Waals surface area contributed by atoms with Gasteiger partial charge in [-0.15, -0.1) is 24.0 Å². The first-order chi connectivity index (χ1) is 11.9. The molecule has 9 heteroatoms. The molecule has 0 radical (unpaired) electrons. The molecule has 0 aromatic carbocycles. The maximum Gasteiger partial charge on any atom is 0.390 e. The van der Waals surface area contributed by atoms with E-state index in [1.54, 1.807) is 0 Å². The predicted octanol–water partition coefficient (Wildman–Crippen LogP) is 3.85. The molecule has 0 aliphatic carbocycles. The van der Waals surface area contributed by atoms with Crippen LogP contribution in [0, 0.1) is 6.92 Å². The zero-order chi connectivity index (χ0) is 18.3. The van der Waals surface area contributed by atoms with Gasteiger partial charge in [0.05, 0.1) is 19.0 Å². The van der Waals surface area contributed by atoms with Crippen molar-refractivity contribution in [3.8, 4) is 0 Å². The smallest absolute Gasteiger partial charge is 0.390 e. The first kappa shape index (κ1) is 23.1. The molecule has 1 atom stereocenters. The fourth-order valence-electron chi connectivity index (χ4n) is 2.91. The van der Waals surface area contributed by atoms with Crippen molar-refractivity contribution in [1.82, 2.24) is 15.5 Å². The summed E-state index contributed by atoms with van der Waals surface area (Å²) >= 11 is 0. The maximum absolute atomic E-state index is 12.3. The van der Waals surface area contributed by atoms with Gasteiger partial charge in [0.1, 0.15) is 11.5 Å². The Morgan fingerprint density at radius 1 is 1.27 bits per heavy atom. The average molecular weight is 488 g/mol. The number of hydrogen-bond acceptors (Lipinski definition) is 3. The van der Waals surface area contributed by atoms with Crippen LogP contribution in [0.2, 0.25) is 0 Å². The highest BCUT2D eigenvalue weighted by Gasteiger charge is 2.27. The molecule has 1 saturated heterocycles. The van der Waals surface area contributed by atoms with Gasteiger partial charge in [0.15, 0.2) is 5.96 Å². The summed E-state index contributed by atoms with van der Waals surface area (Å²) in [5, 5.41) is 5.74.